The molecule has 0 N–H and O–H groups in total. The Labute approximate surface area is 73.9 Å². The molecule has 68 valence electrons. The highest BCUT2D eigenvalue weighted by Gasteiger charge is 2.27. The number of piperidine rings is 1. The van der Waals surface area contributed by atoms with E-state index in [-0.39, 0.29) is 0 Å². The Hall–Kier alpha value is -0.370. The maximum atomic E-state index is 11.1. The van der Waals surface area contributed by atoms with E-state index in [1.165, 1.54) is 32.4 Å². The molecule has 12 heavy (non-hydrogen) atoms. The summed E-state index contributed by atoms with van der Waals surface area (Å²) in [6, 6.07) is 0.609. The first-order chi connectivity index (χ1) is 5.86. The minimum absolute atomic E-state index is 0.477. The summed E-state index contributed by atoms with van der Waals surface area (Å²) >= 11 is 0. The van der Waals surface area contributed by atoms with E-state index in [0.29, 0.717) is 11.8 Å². The highest BCUT2D eigenvalue weighted by atomic mass is 16.1. The van der Waals surface area contributed by atoms with Gasteiger partial charge < -0.3 is 0 Å². The molecule has 1 atom stereocenters. The lowest BCUT2D eigenvalue weighted by molar-refractivity contribution is -0.117. The summed E-state index contributed by atoms with van der Waals surface area (Å²) in [5, 5.41) is 0. The van der Waals surface area contributed by atoms with Crippen LogP contribution in [0.5, 0.6) is 0 Å². The molecule has 1 aliphatic heterocycles. The fourth-order valence-electron chi connectivity index (χ4n) is 2.39. The Balaban J connectivity index is 1.86. The number of nitrogens with zero attached hydrogens (tertiary/aromatic N) is 1. The molecule has 2 fully saturated rings. The second-order valence-electron chi connectivity index (χ2n) is 4.03. The summed E-state index contributed by atoms with van der Waals surface area (Å²) in [4.78, 5) is 13.6. The molecule has 2 nitrogen and oxygen atoms in total. The molecule has 0 spiro atoms. The van der Waals surface area contributed by atoms with Gasteiger partial charge in [-0.15, -0.1) is 0 Å². The van der Waals surface area contributed by atoms with Gasteiger partial charge in [-0.3, -0.25) is 9.69 Å². The first-order valence-corrected chi connectivity index (χ1v) is 5.12. The molecule has 0 amide bonds. The largest absolute Gasteiger partial charge is 0.300 e. The van der Waals surface area contributed by atoms with Gasteiger partial charge in [0.25, 0.3) is 0 Å². The van der Waals surface area contributed by atoms with Crippen molar-refractivity contribution in [3.63, 3.8) is 0 Å². The average molecular weight is 167 g/mol. The van der Waals surface area contributed by atoms with Crippen molar-refractivity contribution in [3.05, 3.63) is 0 Å². The van der Waals surface area contributed by atoms with Crippen LogP contribution in [0.3, 0.4) is 0 Å². The second kappa shape index (κ2) is 3.56. The van der Waals surface area contributed by atoms with Crippen molar-refractivity contribution < 1.29 is 4.79 Å². The third-order valence-electron chi connectivity index (χ3n) is 3.13. The number of carbonyl (C=O) groups excluding carboxylic acids is 1. The zero-order chi connectivity index (χ0) is 8.39. The Kier molecular flexibility index (Phi) is 2.45. The van der Waals surface area contributed by atoms with Crippen LogP contribution in [0.15, 0.2) is 0 Å². The maximum Gasteiger partial charge on any atom is 0.134 e. The molecule has 0 aromatic rings. The molecule has 1 saturated carbocycles. The number of hydrogen-bond acceptors (Lipinski definition) is 2. The number of rotatable bonds is 1. The van der Waals surface area contributed by atoms with Crippen LogP contribution in [0, 0.1) is 0 Å². The second-order valence-corrected chi connectivity index (χ2v) is 4.03. The highest BCUT2D eigenvalue weighted by Crippen LogP contribution is 2.23. The van der Waals surface area contributed by atoms with Crippen molar-refractivity contribution in [2.45, 2.75) is 44.6 Å². The van der Waals surface area contributed by atoms with Crippen LogP contribution in [-0.2, 0) is 4.79 Å². The third kappa shape index (κ3) is 1.69. The van der Waals surface area contributed by atoms with Gasteiger partial charge in [0.2, 0.25) is 0 Å². The molecule has 2 aliphatic rings. The summed E-state index contributed by atoms with van der Waals surface area (Å²) < 4.78 is 0. The summed E-state index contributed by atoms with van der Waals surface area (Å²) in [5.74, 6) is 0.477. The predicted molar refractivity (Wildman–Crippen MR) is 48.1 cm³/mol. The van der Waals surface area contributed by atoms with Crippen molar-refractivity contribution in [2.24, 2.45) is 0 Å². The highest BCUT2D eigenvalue weighted by molar-refractivity contribution is 5.81. The lowest BCUT2D eigenvalue weighted by Gasteiger charge is -2.31. The standard InChI is InChI=1S/C10H17NO/c12-10-5-4-9(8-10)11-6-2-1-3-7-11/h9H,1-8H2. The molecule has 1 unspecified atom stereocenters. The van der Waals surface area contributed by atoms with Gasteiger partial charge in [0.05, 0.1) is 0 Å². The number of Topliss-reactive ketones (excluding diaryl/α,β-unsaturated/α-hetero) is 1. The SMILES string of the molecule is O=C1CCC(N2CCCCC2)C1. The Morgan fingerprint density at radius 2 is 1.92 bits per heavy atom. The van der Waals surface area contributed by atoms with Crippen molar-refractivity contribution in [3.8, 4) is 0 Å². The normalized spacial score (nSPS) is 32.7. The number of carbonyl (C=O) groups is 1. The van der Waals surface area contributed by atoms with Crippen LogP contribution >= 0.6 is 0 Å². The molecule has 2 rings (SSSR count). The lowest BCUT2D eigenvalue weighted by Crippen LogP contribution is -2.37. The van der Waals surface area contributed by atoms with Gasteiger partial charge in [0, 0.05) is 18.9 Å². The van der Waals surface area contributed by atoms with Gasteiger partial charge in [-0.2, -0.15) is 0 Å². The van der Waals surface area contributed by atoms with Gasteiger partial charge in [-0.1, -0.05) is 6.42 Å². The Morgan fingerprint density at radius 1 is 1.17 bits per heavy atom. The van der Waals surface area contributed by atoms with E-state index in [1.807, 2.05) is 0 Å². The molecule has 1 saturated heterocycles. The van der Waals surface area contributed by atoms with Crippen LogP contribution in [0.1, 0.15) is 38.5 Å². The smallest absolute Gasteiger partial charge is 0.134 e. The predicted octanol–water partition coefficient (Wildman–Crippen LogP) is 1.59. The molecule has 2 heteroatoms. The van der Waals surface area contributed by atoms with E-state index in [4.69, 9.17) is 0 Å². The van der Waals surface area contributed by atoms with Crippen LogP contribution in [0.2, 0.25) is 0 Å². The minimum Gasteiger partial charge on any atom is -0.300 e. The fourth-order valence-corrected chi connectivity index (χ4v) is 2.39. The van der Waals surface area contributed by atoms with Gasteiger partial charge >= 0.3 is 0 Å². The summed E-state index contributed by atoms with van der Waals surface area (Å²) in [6.45, 7) is 2.47. The molecular formula is C10H17NO. The number of hydrogen-bond donors (Lipinski definition) is 0. The van der Waals surface area contributed by atoms with E-state index in [9.17, 15) is 4.79 Å². The van der Waals surface area contributed by atoms with Crippen LogP contribution in [0.4, 0.5) is 0 Å². The summed E-state index contributed by atoms with van der Waals surface area (Å²) in [6.07, 6.45) is 6.85. The van der Waals surface area contributed by atoms with Crippen molar-refractivity contribution in [1.82, 2.24) is 4.90 Å². The summed E-state index contributed by atoms with van der Waals surface area (Å²) in [5.41, 5.74) is 0. The zero-order valence-electron chi connectivity index (χ0n) is 7.59. The molecule has 0 aromatic carbocycles. The fraction of sp³-hybridized carbons (Fsp3) is 0.900. The van der Waals surface area contributed by atoms with E-state index in [0.717, 1.165) is 19.3 Å². The van der Waals surface area contributed by atoms with Crippen molar-refractivity contribution in [1.29, 1.82) is 0 Å². The van der Waals surface area contributed by atoms with Gasteiger partial charge in [-0.25, -0.2) is 0 Å². The molecule has 0 bridgehead atoms. The van der Waals surface area contributed by atoms with E-state index in [2.05, 4.69) is 4.90 Å². The average Bonchev–Trinajstić information content (AvgIpc) is 2.54. The third-order valence-corrected chi connectivity index (χ3v) is 3.13. The lowest BCUT2D eigenvalue weighted by atomic mass is 10.1. The van der Waals surface area contributed by atoms with E-state index in [1.54, 1.807) is 0 Å². The van der Waals surface area contributed by atoms with Crippen LogP contribution in [-0.4, -0.2) is 29.8 Å². The molecule has 1 aliphatic carbocycles. The van der Waals surface area contributed by atoms with Crippen LogP contribution < -0.4 is 0 Å². The molecular weight excluding hydrogens is 150 g/mol. The molecule has 0 aromatic heterocycles. The monoisotopic (exact) mass is 167 g/mol. The van der Waals surface area contributed by atoms with Gasteiger partial charge in [0.1, 0.15) is 5.78 Å². The Morgan fingerprint density at radius 3 is 2.50 bits per heavy atom. The number of likely N-dealkylation sites (tertiary alicyclic amines) is 1. The van der Waals surface area contributed by atoms with E-state index < -0.39 is 0 Å². The molecule has 1 heterocycles. The zero-order valence-corrected chi connectivity index (χ0v) is 7.59. The quantitative estimate of drug-likeness (QED) is 0.591. The Bertz CT molecular complexity index is 173. The van der Waals surface area contributed by atoms with E-state index >= 15 is 0 Å². The number of ketones is 1. The van der Waals surface area contributed by atoms with Crippen molar-refractivity contribution >= 4 is 5.78 Å². The van der Waals surface area contributed by atoms with Gasteiger partial charge in [-0.05, 0) is 32.4 Å². The van der Waals surface area contributed by atoms with Gasteiger partial charge in [0.15, 0.2) is 0 Å². The minimum atomic E-state index is 0.477. The first kappa shape index (κ1) is 8.24. The molecule has 0 radical (unpaired) electrons. The van der Waals surface area contributed by atoms with Crippen molar-refractivity contribution in [2.75, 3.05) is 13.1 Å². The van der Waals surface area contributed by atoms with Crippen LogP contribution in [0.25, 0.3) is 0 Å². The first-order valence-electron chi connectivity index (χ1n) is 5.12. The topological polar surface area (TPSA) is 20.3 Å². The summed E-state index contributed by atoms with van der Waals surface area (Å²) in [7, 11) is 0. The maximum absolute atomic E-state index is 11.1.